The number of nitrogens with zero attached hydrogens (tertiary/aromatic N) is 5. The van der Waals surface area contributed by atoms with Gasteiger partial charge in [0.2, 0.25) is 5.91 Å². The number of pyridine rings is 1. The van der Waals surface area contributed by atoms with Crippen LogP contribution in [-0.2, 0) is 27.3 Å². The van der Waals surface area contributed by atoms with Crippen LogP contribution in [0.3, 0.4) is 0 Å². The number of hydrogen-bond acceptors (Lipinski definition) is 9. The Bertz CT molecular complexity index is 1320. The lowest BCUT2D eigenvalue weighted by Gasteiger charge is -2.30. The van der Waals surface area contributed by atoms with Crippen LogP contribution >= 0.6 is 11.3 Å². The van der Waals surface area contributed by atoms with Crippen LogP contribution in [0, 0.1) is 5.82 Å². The van der Waals surface area contributed by atoms with Crippen molar-refractivity contribution in [2.75, 3.05) is 35.6 Å². The van der Waals surface area contributed by atoms with Crippen molar-refractivity contribution >= 4 is 61.2 Å². The van der Waals surface area contributed by atoms with Gasteiger partial charge < -0.3 is 25.2 Å². The molecule has 35 heavy (non-hydrogen) atoms. The van der Waals surface area contributed by atoms with Crippen molar-refractivity contribution in [3.05, 3.63) is 42.0 Å². The topological polar surface area (TPSA) is 156 Å². The lowest BCUT2D eigenvalue weighted by Crippen LogP contribution is -2.48. The highest BCUT2D eigenvalue weighted by Crippen LogP contribution is 2.34. The molecule has 186 valence electrons. The number of hydrogen-bond donors (Lipinski definition) is 2. The minimum absolute atomic E-state index is 0.000420. The van der Waals surface area contributed by atoms with E-state index in [1.165, 1.54) is 24.5 Å². The maximum absolute atomic E-state index is 15.2. The Kier molecular flexibility index (Phi) is 6.87. The fourth-order valence-corrected chi connectivity index (χ4v) is 5.78. The van der Waals surface area contributed by atoms with Crippen molar-refractivity contribution in [1.82, 2.24) is 14.9 Å². The lowest BCUT2D eigenvalue weighted by molar-refractivity contribution is -0.148. The smallest absolute Gasteiger partial charge is 0.326 e. The second-order valence-electron chi connectivity index (χ2n) is 8.14. The molecule has 1 aliphatic heterocycles. The number of aromatic nitrogens is 2. The largest absolute Gasteiger partial charge is 0.755 e. The minimum Gasteiger partial charge on any atom is -0.755 e. The number of fused-ring (bicyclic) bond motifs is 1. The molecule has 3 N–H and O–H groups in total. The zero-order valence-electron chi connectivity index (χ0n) is 18.8. The first-order chi connectivity index (χ1) is 16.6. The number of nitrogens with two attached hydrogens (primary N) is 1. The molecular weight excluding hydrogens is 499 g/mol. The standard InChI is InChI=1S/C21H23FN6O5S2/c1-26(2)21-25-10-16(34-21)28(35(32)33)14-6-8-27(19(14)29)15(20(30)31)9-11-3-4-13-12(17(11)22)5-7-24-18(13)23/h3-5,7,10,14-15H,6,8-9H2,1-2H3,(H2,23,24)(H,30,31)(H,32,33)/p-1/t14-,15+/m0/s1. The number of aliphatic carboxylic acids is 1. The number of benzene rings is 1. The normalized spacial score (nSPS) is 17.5. The molecule has 1 saturated heterocycles. The highest BCUT2D eigenvalue weighted by Gasteiger charge is 2.43. The van der Waals surface area contributed by atoms with Gasteiger partial charge in [0, 0.05) is 55.3 Å². The third kappa shape index (κ3) is 4.63. The average molecular weight is 522 g/mol. The van der Waals surface area contributed by atoms with Crippen LogP contribution in [0.1, 0.15) is 12.0 Å². The van der Waals surface area contributed by atoms with E-state index in [1.54, 1.807) is 25.1 Å². The Balaban J connectivity index is 1.61. The third-order valence-electron chi connectivity index (χ3n) is 5.80. The van der Waals surface area contributed by atoms with E-state index in [0.29, 0.717) is 10.5 Å². The summed E-state index contributed by atoms with van der Waals surface area (Å²) in [6, 6.07) is 1.90. The quantitative estimate of drug-likeness (QED) is 0.418. The fraction of sp³-hybridized carbons (Fsp3) is 0.333. The Morgan fingerprint density at radius 1 is 1.37 bits per heavy atom. The molecular formula is C21H22FN6O5S2-. The van der Waals surface area contributed by atoms with E-state index in [-0.39, 0.29) is 41.2 Å². The van der Waals surface area contributed by atoms with E-state index >= 15 is 4.39 Å². The molecule has 4 rings (SSSR count). The molecule has 1 fully saturated rings. The second kappa shape index (κ2) is 9.71. The number of likely N-dealkylation sites (tertiary alicyclic amines) is 1. The Morgan fingerprint density at radius 2 is 2.11 bits per heavy atom. The van der Waals surface area contributed by atoms with Gasteiger partial charge in [-0.05, 0) is 18.1 Å². The molecule has 14 heteroatoms. The van der Waals surface area contributed by atoms with Gasteiger partial charge in [-0.15, -0.1) is 0 Å². The minimum atomic E-state index is -2.80. The maximum atomic E-state index is 15.2. The van der Waals surface area contributed by atoms with Gasteiger partial charge in [-0.2, -0.15) is 0 Å². The van der Waals surface area contributed by atoms with Crippen molar-refractivity contribution in [1.29, 1.82) is 0 Å². The number of carboxylic acids is 1. The number of carboxylic acid groups (broad SMARTS) is 1. The summed E-state index contributed by atoms with van der Waals surface area (Å²) in [5, 5.41) is 11.3. The first-order valence-corrected chi connectivity index (χ1v) is 12.3. The van der Waals surface area contributed by atoms with E-state index in [2.05, 4.69) is 9.97 Å². The Morgan fingerprint density at radius 3 is 2.74 bits per heavy atom. The molecule has 3 heterocycles. The van der Waals surface area contributed by atoms with Crippen LogP contribution in [0.5, 0.6) is 0 Å². The summed E-state index contributed by atoms with van der Waals surface area (Å²) in [4.78, 5) is 36.2. The number of rotatable bonds is 8. The molecule has 0 spiro atoms. The van der Waals surface area contributed by atoms with Crippen molar-refractivity contribution in [2.45, 2.75) is 24.9 Å². The summed E-state index contributed by atoms with van der Waals surface area (Å²) in [5.74, 6) is -2.49. The van der Waals surface area contributed by atoms with Gasteiger partial charge in [0.05, 0.1) is 6.20 Å². The van der Waals surface area contributed by atoms with Crippen LogP contribution in [0.4, 0.5) is 20.3 Å². The zero-order chi connectivity index (χ0) is 25.4. The summed E-state index contributed by atoms with van der Waals surface area (Å²) in [6.07, 6.45) is 2.48. The highest BCUT2D eigenvalue weighted by molar-refractivity contribution is 7.81. The van der Waals surface area contributed by atoms with E-state index in [9.17, 15) is 23.5 Å². The van der Waals surface area contributed by atoms with Gasteiger partial charge in [-0.3, -0.25) is 13.3 Å². The summed E-state index contributed by atoms with van der Waals surface area (Å²) in [5.41, 5.74) is 5.88. The van der Waals surface area contributed by atoms with Gasteiger partial charge in [0.25, 0.3) is 0 Å². The summed E-state index contributed by atoms with van der Waals surface area (Å²) >= 11 is -1.72. The second-order valence-corrected chi connectivity index (χ2v) is 9.96. The number of amides is 1. The van der Waals surface area contributed by atoms with Crippen LogP contribution in [0.15, 0.2) is 30.6 Å². The molecule has 0 bridgehead atoms. The first-order valence-electron chi connectivity index (χ1n) is 10.5. The molecule has 1 aromatic carbocycles. The number of thiazole rings is 1. The Hall–Kier alpha value is -3.36. The summed E-state index contributed by atoms with van der Waals surface area (Å²) in [6.45, 7) is -0.000420. The number of nitrogen functional groups attached to an aromatic ring is 1. The monoisotopic (exact) mass is 521 g/mol. The van der Waals surface area contributed by atoms with Crippen LogP contribution < -0.4 is 14.9 Å². The van der Waals surface area contributed by atoms with E-state index in [0.717, 1.165) is 20.5 Å². The molecule has 1 unspecified atom stereocenters. The number of anilines is 3. The molecule has 0 aliphatic carbocycles. The average Bonchev–Trinajstić information content (AvgIpc) is 3.42. The molecule has 1 amide bonds. The van der Waals surface area contributed by atoms with E-state index in [1.807, 2.05) is 0 Å². The van der Waals surface area contributed by atoms with Crippen LogP contribution in [0.2, 0.25) is 0 Å². The van der Waals surface area contributed by atoms with Gasteiger partial charge in [0.15, 0.2) is 5.13 Å². The third-order valence-corrected chi connectivity index (χ3v) is 7.85. The first kappa shape index (κ1) is 24.8. The predicted molar refractivity (Wildman–Crippen MR) is 129 cm³/mol. The van der Waals surface area contributed by atoms with Gasteiger partial charge in [0.1, 0.15) is 28.7 Å². The van der Waals surface area contributed by atoms with E-state index in [4.69, 9.17) is 5.73 Å². The van der Waals surface area contributed by atoms with Gasteiger partial charge >= 0.3 is 5.97 Å². The van der Waals surface area contributed by atoms with Crippen molar-refractivity contribution < 1.29 is 27.8 Å². The summed E-state index contributed by atoms with van der Waals surface area (Å²) in [7, 11) is 3.50. The SMILES string of the molecule is CN(C)c1ncc(N([C@H]2CCN([C@H](Cc3ccc4c(N)nccc4c3F)C(=O)O)C2=O)S(=O)[O-])s1. The van der Waals surface area contributed by atoms with Crippen molar-refractivity contribution in [3.63, 3.8) is 0 Å². The number of carbonyl (C=O) groups is 2. The molecule has 11 nitrogen and oxygen atoms in total. The Labute approximate surface area is 206 Å². The molecule has 1 aliphatic rings. The fourth-order valence-electron chi connectivity index (χ4n) is 4.09. The molecule has 2 aromatic heterocycles. The number of carbonyl (C=O) groups excluding carboxylic acids is 1. The predicted octanol–water partition coefficient (Wildman–Crippen LogP) is 1.38. The molecule has 0 radical (unpaired) electrons. The van der Waals surface area contributed by atoms with Gasteiger partial charge in [-0.25, -0.2) is 19.2 Å². The van der Waals surface area contributed by atoms with E-state index < -0.39 is 41.0 Å². The van der Waals surface area contributed by atoms with Crippen LogP contribution in [0.25, 0.3) is 10.8 Å². The maximum Gasteiger partial charge on any atom is 0.326 e. The van der Waals surface area contributed by atoms with Gasteiger partial charge in [-0.1, -0.05) is 23.5 Å². The zero-order valence-corrected chi connectivity index (χ0v) is 20.4. The molecule has 3 atom stereocenters. The summed E-state index contributed by atoms with van der Waals surface area (Å²) < 4.78 is 40.2. The molecule has 0 saturated carbocycles. The van der Waals surface area contributed by atoms with Crippen molar-refractivity contribution in [3.8, 4) is 0 Å². The molecule has 3 aromatic rings. The number of halogens is 1. The lowest BCUT2D eigenvalue weighted by atomic mass is 10.0. The van der Waals surface area contributed by atoms with Crippen molar-refractivity contribution in [2.24, 2.45) is 0 Å². The highest BCUT2D eigenvalue weighted by atomic mass is 32.2. The van der Waals surface area contributed by atoms with Crippen LogP contribution in [-0.4, -0.2) is 73.3 Å².